The lowest BCUT2D eigenvalue weighted by Crippen LogP contribution is -2.28. The van der Waals surface area contributed by atoms with Crippen LogP contribution in [0.3, 0.4) is 0 Å². The van der Waals surface area contributed by atoms with Crippen molar-refractivity contribution in [1.29, 1.82) is 0 Å². The number of carbonyl (C=O) groups is 1. The van der Waals surface area contributed by atoms with E-state index < -0.39 is 0 Å². The van der Waals surface area contributed by atoms with Gasteiger partial charge in [0.05, 0.1) is 20.8 Å². The van der Waals surface area contributed by atoms with Crippen LogP contribution in [-0.4, -0.2) is 20.1 Å². The molecule has 0 saturated carbocycles. The Labute approximate surface area is 130 Å². The van der Waals surface area contributed by atoms with Gasteiger partial charge >= 0.3 is 0 Å². The molecule has 0 aromatic heterocycles. The van der Waals surface area contributed by atoms with Gasteiger partial charge in [-0.1, -0.05) is 6.07 Å². The van der Waals surface area contributed by atoms with Crippen molar-refractivity contribution < 1.29 is 14.3 Å². The summed E-state index contributed by atoms with van der Waals surface area (Å²) in [4.78, 5) is 13.7. The van der Waals surface area contributed by atoms with Crippen molar-refractivity contribution in [3.63, 3.8) is 0 Å². The van der Waals surface area contributed by atoms with Gasteiger partial charge in [0.1, 0.15) is 11.5 Å². The SMILES string of the molecule is COc1ccc(CN(C(C)=O)c2cccc(N)c2)c(OC)c1. The monoisotopic (exact) mass is 300 g/mol. The summed E-state index contributed by atoms with van der Waals surface area (Å²) in [5.74, 6) is 1.32. The molecule has 0 radical (unpaired) electrons. The molecule has 2 N–H and O–H groups in total. The number of anilines is 2. The molecule has 0 aliphatic heterocycles. The van der Waals surface area contributed by atoms with Crippen LogP contribution in [0.1, 0.15) is 12.5 Å². The van der Waals surface area contributed by atoms with E-state index in [-0.39, 0.29) is 5.91 Å². The van der Waals surface area contributed by atoms with E-state index in [1.807, 2.05) is 24.3 Å². The molecule has 5 heteroatoms. The molecule has 0 fully saturated rings. The Hall–Kier alpha value is -2.69. The molecule has 22 heavy (non-hydrogen) atoms. The molecule has 2 aromatic rings. The summed E-state index contributed by atoms with van der Waals surface area (Å²) in [6, 6.07) is 12.8. The molecule has 2 rings (SSSR count). The number of amides is 1. The number of nitrogens with two attached hydrogens (primary N) is 1. The van der Waals surface area contributed by atoms with Gasteiger partial charge in [-0.25, -0.2) is 0 Å². The smallest absolute Gasteiger partial charge is 0.224 e. The molecule has 0 bridgehead atoms. The second-order valence-corrected chi connectivity index (χ2v) is 4.88. The molecule has 0 aliphatic carbocycles. The molecular weight excluding hydrogens is 280 g/mol. The van der Waals surface area contributed by atoms with Crippen LogP contribution in [0.15, 0.2) is 42.5 Å². The number of ether oxygens (including phenoxy) is 2. The highest BCUT2D eigenvalue weighted by Crippen LogP contribution is 2.28. The summed E-state index contributed by atoms with van der Waals surface area (Å²) in [6.07, 6.45) is 0. The average Bonchev–Trinajstić information content (AvgIpc) is 2.52. The van der Waals surface area contributed by atoms with Crippen molar-refractivity contribution in [2.75, 3.05) is 24.9 Å². The Morgan fingerprint density at radius 1 is 1.14 bits per heavy atom. The Morgan fingerprint density at radius 3 is 2.50 bits per heavy atom. The molecule has 0 atom stereocenters. The highest BCUT2D eigenvalue weighted by molar-refractivity contribution is 5.92. The topological polar surface area (TPSA) is 64.8 Å². The van der Waals surface area contributed by atoms with Gasteiger partial charge in [0.2, 0.25) is 5.91 Å². The molecule has 0 heterocycles. The summed E-state index contributed by atoms with van der Waals surface area (Å²) in [7, 11) is 3.19. The maximum absolute atomic E-state index is 12.0. The Balaban J connectivity index is 2.34. The van der Waals surface area contributed by atoms with E-state index in [9.17, 15) is 4.79 Å². The third-order valence-electron chi connectivity index (χ3n) is 3.38. The number of hydrogen-bond donors (Lipinski definition) is 1. The van der Waals surface area contributed by atoms with Crippen LogP contribution in [0.2, 0.25) is 0 Å². The van der Waals surface area contributed by atoms with Gasteiger partial charge < -0.3 is 20.1 Å². The molecule has 116 valence electrons. The number of benzene rings is 2. The summed E-state index contributed by atoms with van der Waals surface area (Å²) >= 11 is 0. The standard InChI is InChI=1S/C17H20N2O3/c1-12(20)19(15-6-4-5-14(18)9-15)11-13-7-8-16(21-2)10-17(13)22-3/h4-10H,11,18H2,1-3H3. The normalized spacial score (nSPS) is 10.1. The first-order valence-corrected chi connectivity index (χ1v) is 6.89. The minimum atomic E-state index is -0.0662. The minimum Gasteiger partial charge on any atom is -0.497 e. The summed E-state index contributed by atoms with van der Waals surface area (Å²) < 4.78 is 10.6. The fourth-order valence-electron chi connectivity index (χ4n) is 2.23. The number of nitrogens with zero attached hydrogens (tertiary/aromatic N) is 1. The van der Waals surface area contributed by atoms with Gasteiger partial charge in [-0.3, -0.25) is 4.79 Å². The van der Waals surface area contributed by atoms with Crippen molar-refractivity contribution in [3.05, 3.63) is 48.0 Å². The van der Waals surface area contributed by atoms with E-state index in [0.717, 1.165) is 11.3 Å². The van der Waals surface area contributed by atoms with Crippen LogP contribution < -0.4 is 20.1 Å². The van der Waals surface area contributed by atoms with E-state index in [1.165, 1.54) is 6.92 Å². The van der Waals surface area contributed by atoms with Crippen LogP contribution in [0, 0.1) is 0 Å². The highest BCUT2D eigenvalue weighted by atomic mass is 16.5. The van der Waals surface area contributed by atoms with Crippen LogP contribution in [0.4, 0.5) is 11.4 Å². The van der Waals surface area contributed by atoms with Crippen molar-refractivity contribution in [3.8, 4) is 11.5 Å². The lowest BCUT2D eigenvalue weighted by atomic mass is 10.1. The number of carbonyl (C=O) groups excluding carboxylic acids is 1. The van der Waals surface area contributed by atoms with Gasteiger partial charge in [-0.15, -0.1) is 0 Å². The third-order valence-corrected chi connectivity index (χ3v) is 3.38. The molecule has 0 spiro atoms. The second-order valence-electron chi connectivity index (χ2n) is 4.88. The Bertz CT molecular complexity index is 671. The van der Waals surface area contributed by atoms with Crippen molar-refractivity contribution in [2.45, 2.75) is 13.5 Å². The molecule has 0 aliphatic rings. The van der Waals surface area contributed by atoms with Crippen molar-refractivity contribution in [2.24, 2.45) is 0 Å². The number of methoxy groups -OCH3 is 2. The van der Waals surface area contributed by atoms with E-state index in [0.29, 0.717) is 23.7 Å². The maximum Gasteiger partial charge on any atom is 0.224 e. The van der Waals surface area contributed by atoms with Gasteiger partial charge in [-0.2, -0.15) is 0 Å². The summed E-state index contributed by atoms with van der Waals surface area (Å²) in [5, 5.41) is 0. The predicted octanol–water partition coefficient (Wildman–Crippen LogP) is 2.84. The Morgan fingerprint density at radius 2 is 1.91 bits per heavy atom. The first-order valence-electron chi connectivity index (χ1n) is 6.89. The van der Waals surface area contributed by atoms with Crippen molar-refractivity contribution >= 4 is 17.3 Å². The summed E-state index contributed by atoms with van der Waals surface area (Å²) in [6.45, 7) is 1.92. The van der Waals surface area contributed by atoms with E-state index in [4.69, 9.17) is 15.2 Å². The first-order chi connectivity index (χ1) is 10.5. The van der Waals surface area contributed by atoms with E-state index >= 15 is 0 Å². The number of nitrogen functional groups attached to an aromatic ring is 1. The van der Waals surface area contributed by atoms with Crippen LogP contribution in [-0.2, 0) is 11.3 Å². The number of rotatable bonds is 5. The van der Waals surface area contributed by atoms with Crippen molar-refractivity contribution in [1.82, 2.24) is 0 Å². The van der Waals surface area contributed by atoms with Crippen LogP contribution >= 0.6 is 0 Å². The zero-order valence-electron chi connectivity index (χ0n) is 13.0. The molecule has 0 unspecified atom stereocenters. The first kappa shape index (κ1) is 15.7. The number of hydrogen-bond acceptors (Lipinski definition) is 4. The maximum atomic E-state index is 12.0. The van der Waals surface area contributed by atoms with E-state index in [2.05, 4.69) is 0 Å². The molecular formula is C17H20N2O3. The highest BCUT2D eigenvalue weighted by Gasteiger charge is 2.15. The van der Waals surface area contributed by atoms with Gasteiger partial charge in [0, 0.05) is 29.9 Å². The fourth-order valence-corrected chi connectivity index (χ4v) is 2.23. The molecule has 2 aromatic carbocycles. The van der Waals surface area contributed by atoms with Crippen LogP contribution in [0.25, 0.3) is 0 Å². The minimum absolute atomic E-state index is 0.0662. The van der Waals surface area contributed by atoms with Gasteiger partial charge in [0.25, 0.3) is 0 Å². The third kappa shape index (κ3) is 3.49. The van der Waals surface area contributed by atoms with Crippen LogP contribution in [0.5, 0.6) is 11.5 Å². The lowest BCUT2D eigenvalue weighted by molar-refractivity contribution is -0.116. The average molecular weight is 300 g/mol. The Kier molecular flexibility index (Phi) is 4.88. The quantitative estimate of drug-likeness (QED) is 0.862. The van der Waals surface area contributed by atoms with E-state index in [1.54, 1.807) is 37.3 Å². The molecule has 1 amide bonds. The zero-order valence-corrected chi connectivity index (χ0v) is 13.0. The van der Waals surface area contributed by atoms with Gasteiger partial charge in [-0.05, 0) is 30.3 Å². The second kappa shape index (κ2) is 6.85. The molecule has 0 saturated heterocycles. The molecule has 5 nitrogen and oxygen atoms in total. The largest absolute Gasteiger partial charge is 0.497 e. The lowest BCUT2D eigenvalue weighted by Gasteiger charge is -2.23. The summed E-state index contributed by atoms with van der Waals surface area (Å²) in [5.41, 5.74) is 8.07. The predicted molar refractivity (Wildman–Crippen MR) is 87.3 cm³/mol. The van der Waals surface area contributed by atoms with Gasteiger partial charge in [0.15, 0.2) is 0 Å². The zero-order chi connectivity index (χ0) is 16.1. The fraction of sp³-hybridized carbons (Fsp3) is 0.235.